The molecule has 1 aromatic carbocycles. The van der Waals surface area contributed by atoms with Gasteiger partial charge >= 0.3 is 0 Å². The molecule has 5 nitrogen and oxygen atoms in total. The summed E-state index contributed by atoms with van der Waals surface area (Å²) in [6, 6.07) is 8.97. The lowest BCUT2D eigenvalue weighted by molar-refractivity contribution is -0.121. The van der Waals surface area contributed by atoms with Gasteiger partial charge in [-0.15, -0.1) is 0 Å². The fraction of sp³-hybridized carbons (Fsp3) is 0.467. The maximum Gasteiger partial charge on any atom is 0.241 e. The number of anilines is 1. The summed E-state index contributed by atoms with van der Waals surface area (Å²) < 4.78 is 0. The zero-order valence-electron chi connectivity index (χ0n) is 12.0. The number of nitrogens with one attached hydrogen (secondary N) is 1. The number of piperazine rings is 1. The van der Waals surface area contributed by atoms with Crippen LogP contribution in [0.15, 0.2) is 24.3 Å². The quantitative estimate of drug-likeness (QED) is 0.896. The monoisotopic (exact) mass is 272 g/mol. The van der Waals surface area contributed by atoms with Gasteiger partial charge in [-0.2, -0.15) is 5.26 Å². The van der Waals surface area contributed by atoms with Crippen LogP contribution in [0, 0.1) is 11.3 Å². The minimum atomic E-state index is -0.185. The molecule has 1 saturated heterocycles. The van der Waals surface area contributed by atoms with Crippen LogP contribution in [-0.4, -0.2) is 55.0 Å². The summed E-state index contributed by atoms with van der Waals surface area (Å²) >= 11 is 0. The number of rotatable bonds is 3. The second kappa shape index (κ2) is 6.51. The van der Waals surface area contributed by atoms with Gasteiger partial charge in [-0.25, -0.2) is 0 Å². The first-order chi connectivity index (χ1) is 9.61. The van der Waals surface area contributed by atoms with Crippen LogP contribution in [0.25, 0.3) is 0 Å². The average Bonchev–Trinajstić information content (AvgIpc) is 2.48. The largest absolute Gasteiger partial charge is 0.324 e. The van der Waals surface area contributed by atoms with Crippen molar-refractivity contribution in [2.45, 2.75) is 13.0 Å². The molecular formula is C15H20N4O. The zero-order valence-corrected chi connectivity index (χ0v) is 12.0. The SMILES string of the molecule is C[C@H](C(=O)Nc1ccccc1C#N)N1CCN(C)CC1. The maximum atomic E-state index is 12.3. The lowest BCUT2D eigenvalue weighted by Gasteiger charge is -2.35. The Bertz CT molecular complexity index is 515. The Morgan fingerprint density at radius 3 is 2.60 bits per heavy atom. The molecule has 1 aliphatic rings. The number of hydrogen-bond donors (Lipinski definition) is 1. The Morgan fingerprint density at radius 2 is 1.95 bits per heavy atom. The molecule has 0 aromatic heterocycles. The summed E-state index contributed by atoms with van der Waals surface area (Å²) in [6.45, 7) is 5.66. The van der Waals surface area contributed by atoms with E-state index < -0.39 is 0 Å². The van der Waals surface area contributed by atoms with Gasteiger partial charge in [0, 0.05) is 26.2 Å². The third-order valence-corrected chi connectivity index (χ3v) is 3.77. The summed E-state index contributed by atoms with van der Waals surface area (Å²) in [5.74, 6) is -0.0581. The second-order valence-electron chi connectivity index (χ2n) is 5.16. The molecule has 1 aromatic rings. The fourth-order valence-electron chi connectivity index (χ4n) is 2.30. The summed E-state index contributed by atoms with van der Waals surface area (Å²) in [7, 11) is 2.09. The normalized spacial score (nSPS) is 18.2. The number of para-hydroxylation sites is 1. The van der Waals surface area contributed by atoms with Crippen LogP contribution in [0.4, 0.5) is 5.69 Å². The summed E-state index contributed by atoms with van der Waals surface area (Å²) in [4.78, 5) is 16.7. The van der Waals surface area contributed by atoms with Crippen molar-refractivity contribution in [1.29, 1.82) is 5.26 Å². The molecule has 106 valence electrons. The third kappa shape index (κ3) is 3.35. The average molecular weight is 272 g/mol. The van der Waals surface area contributed by atoms with E-state index in [1.165, 1.54) is 0 Å². The first-order valence-corrected chi connectivity index (χ1v) is 6.84. The van der Waals surface area contributed by atoms with Crippen molar-refractivity contribution < 1.29 is 4.79 Å². The molecule has 5 heteroatoms. The van der Waals surface area contributed by atoms with Gasteiger partial charge in [0.05, 0.1) is 17.3 Å². The highest BCUT2D eigenvalue weighted by molar-refractivity contribution is 5.95. The minimum absolute atomic E-state index is 0.0581. The first kappa shape index (κ1) is 14.5. The molecule has 2 rings (SSSR count). The molecule has 0 bridgehead atoms. The van der Waals surface area contributed by atoms with Gasteiger partial charge < -0.3 is 10.2 Å². The molecule has 1 amide bonds. The van der Waals surface area contributed by atoms with Crippen molar-refractivity contribution in [3.63, 3.8) is 0 Å². The van der Waals surface area contributed by atoms with Crippen molar-refractivity contribution in [1.82, 2.24) is 9.80 Å². The minimum Gasteiger partial charge on any atom is -0.324 e. The molecule has 0 saturated carbocycles. The van der Waals surface area contributed by atoms with Gasteiger partial charge in [0.2, 0.25) is 5.91 Å². The Morgan fingerprint density at radius 1 is 1.30 bits per heavy atom. The van der Waals surface area contributed by atoms with E-state index in [2.05, 4.69) is 28.2 Å². The molecule has 1 N–H and O–H groups in total. The number of carbonyl (C=O) groups is 1. The van der Waals surface area contributed by atoms with Crippen LogP contribution in [0.1, 0.15) is 12.5 Å². The van der Waals surface area contributed by atoms with Crippen molar-refractivity contribution >= 4 is 11.6 Å². The third-order valence-electron chi connectivity index (χ3n) is 3.77. The van der Waals surface area contributed by atoms with Crippen LogP contribution >= 0.6 is 0 Å². The van der Waals surface area contributed by atoms with Crippen molar-refractivity contribution in [3.05, 3.63) is 29.8 Å². The van der Waals surface area contributed by atoms with Crippen LogP contribution in [0.3, 0.4) is 0 Å². The van der Waals surface area contributed by atoms with Crippen molar-refractivity contribution in [3.8, 4) is 6.07 Å². The Hall–Kier alpha value is -1.90. The maximum absolute atomic E-state index is 12.3. The Balaban J connectivity index is 1.99. The lowest BCUT2D eigenvalue weighted by Crippen LogP contribution is -2.51. The van der Waals surface area contributed by atoms with Crippen LogP contribution < -0.4 is 5.32 Å². The molecule has 1 aliphatic heterocycles. The standard InChI is InChI=1S/C15H20N4O/c1-12(19-9-7-18(2)8-10-19)15(20)17-14-6-4-3-5-13(14)11-16/h3-6,12H,7-10H2,1-2H3,(H,17,20)/t12-/m1/s1. The van der Waals surface area contributed by atoms with E-state index in [9.17, 15) is 4.79 Å². The van der Waals surface area contributed by atoms with Crippen molar-refractivity contribution in [2.75, 3.05) is 38.5 Å². The smallest absolute Gasteiger partial charge is 0.241 e. The van der Waals surface area contributed by atoms with E-state index >= 15 is 0 Å². The number of hydrogen-bond acceptors (Lipinski definition) is 4. The summed E-state index contributed by atoms with van der Waals surface area (Å²) in [5.41, 5.74) is 1.08. The van der Waals surface area contributed by atoms with Gasteiger partial charge in [0.1, 0.15) is 6.07 Å². The molecule has 1 atom stereocenters. The lowest BCUT2D eigenvalue weighted by atomic mass is 10.1. The summed E-state index contributed by atoms with van der Waals surface area (Å²) in [6.07, 6.45) is 0. The van der Waals surface area contributed by atoms with E-state index in [4.69, 9.17) is 5.26 Å². The number of likely N-dealkylation sites (N-methyl/N-ethyl adjacent to an activating group) is 1. The molecule has 1 heterocycles. The van der Waals surface area contributed by atoms with Crippen LogP contribution in [0.2, 0.25) is 0 Å². The predicted octanol–water partition coefficient (Wildman–Crippen LogP) is 1.13. The zero-order chi connectivity index (χ0) is 14.5. The molecular weight excluding hydrogens is 252 g/mol. The van der Waals surface area contributed by atoms with Crippen LogP contribution in [-0.2, 0) is 4.79 Å². The highest BCUT2D eigenvalue weighted by atomic mass is 16.2. The Labute approximate surface area is 119 Å². The Kier molecular flexibility index (Phi) is 4.72. The number of nitriles is 1. The van der Waals surface area contributed by atoms with E-state index in [0.29, 0.717) is 11.3 Å². The highest BCUT2D eigenvalue weighted by Crippen LogP contribution is 2.15. The number of benzene rings is 1. The van der Waals surface area contributed by atoms with E-state index in [1.54, 1.807) is 18.2 Å². The van der Waals surface area contributed by atoms with Gasteiger partial charge in [-0.3, -0.25) is 9.69 Å². The summed E-state index contributed by atoms with van der Waals surface area (Å²) in [5, 5.41) is 11.9. The molecule has 1 fully saturated rings. The second-order valence-corrected chi connectivity index (χ2v) is 5.16. The molecule has 0 aliphatic carbocycles. The molecule has 0 radical (unpaired) electrons. The van der Waals surface area contributed by atoms with E-state index in [0.717, 1.165) is 26.2 Å². The molecule has 20 heavy (non-hydrogen) atoms. The van der Waals surface area contributed by atoms with E-state index in [-0.39, 0.29) is 11.9 Å². The number of nitrogens with zero attached hydrogens (tertiary/aromatic N) is 3. The van der Waals surface area contributed by atoms with Gasteiger partial charge in [-0.1, -0.05) is 12.1 Å². The topological polar surface area (TPSA) is 59.4 Å². The van der Waals surface area contributed by atoms with Crippen molar-refractivity contribution in [2.24, 2.45) is 0 Å². The van der Waals surface area contributed by atoms with Gasteiger partial charge in [0.25, 0.3) is 0 Å². The van der Waals surface area contributed by atoms with Gasteiger partial charge in [-0.05, 0) is 26.1 Å². The van der Waals surface area contributed by atoms with Crippen LogP contribution in [0.5, 0.6) is 0 Å². The fourth-order valence-corrected chi connectivity index (χ4v) is 2.30. The van der Waals surface area contributed by atoms with Gasteiger partial charge in [0.15, 0.2) is 0 Å². The van der Waals surface area contributed by atoms with E-state index in [1.807, 2.05) is 13.0 Å². The molecule has 0 spiro atoms. The first-order valence-electron chi connectivity index (χ1n) is 6.84. The number of amides is 1. The highest BCUT2D eigenvalue weighted by Gasteiger charge is 2.24. The number of carbonyl (C=O) groups excluding carboxylic acids is 1. The predicted molar refractivity (Wildman–Crippen MR) is 78.3 cm³/mol. The molecule has 0 unspecified atom stereocenters.